The minimum absolute atomic E-state index is 0.0640. The van der Waals surface area contributed by atoms with E-state index >= 15 is 0 Å². The first-order chi connectivity index (χ1) is 11.2. The van der Waals surface area contributed by atoms with Crippen molar-refractivity contribution < 1.29 is 9.90 Å². The summed E-state index contributed by atoms with van der Waals surface area (Å²) in [6.07, 6.45) is 2.65. The molecule has 0 saturated carbocycles. The lowest BCUT2D eigenvalue weighted by molar-refractivity contribution is 0.0832. The molecule has 1 amide bonds. The quantitative estimate of drug-likeness (QED) is 0.886. The Morgan fingerprint density at radius 2 is 1.96 bits per heavy atom. The first-order valence-corrected chi connectivity index (χ1v) is 8.98. The molecule has 1 saturated heterocycles. The summed E-state index contributed by atoms with van der Waals surface area (Å²) in [4.78, 5) is 14.4. The molecular formula is C18H22N2O2S. The highest BCUT2D eigenvalue weighted by Crippen LogP contribution is 2.15. The number of amides is 1. The Bertz CT molecular complexity index is 617. The molecule has 0 spiro atoms. The Balaban J connectivity index is 1.48. The summed E-state index contributed by atoms with van der Waals surface area (Å²) in [5, 5.41) is 16.2. The zero-order valence-electron chi connectivity index (χ0n) is 13.1. The van der Waals surface area contributed by atoms with Gasteiger partial charge in [0.2, 0.25) is 0 Å². The van der Waals surface area contributed by atoms with Gasteiger partial charge in [-0.1, -0.05) is 12.1 Å². The maximum absolute atomic E-state index is 12.0. The van der Waals surface area contributed by atoms with Gasteiger partial charge in [-0.15, -0.1) is 0 Å². The second-order valence-corrected chi connectivity index (χ2v) is 6.77. The van der Waals surface area contributed by atoms with Crippen molar-refractivity contribution in [3.63, 3.8) is 0 Å². The van der Waals surface area contributed by atoms with Crippen LogP contribution in [-0.2, 0) is 6.42 Å². The molecule has 0 atom stereocenters. The summed E-state index contributed by atoms with van der Waals surface area (Å²) in [6.45, 7) is 2.99. The fourth-order valence-corrected chi connectivity index (χ4v) is 3.42. The van der Waals surface area contributed by atoms with E-state index in [0.717, 1.165) is 44.6 Å². The van der Waals surface area contributed by atoms with E-state index in [1.807, 2.05) is 29.0 Å². The van der Waals surface area contributed by atoms with Crippen molar-refractivity contribution in [1.29, 1.82) is 0 Å². The Kier molecular flexibility index (Phi) is 5.43. The van der Waals surface area contributed by atoms with E-state index in [0.29, 0.717) is 5.56 Å². The maximum atomic E-state index is 12.0. The van der Waals surface area contributed by atoms with Crippen LogP contribution in [0.1, 0.15) is 28.8 Å². The van der Waals surface area contributed by atoms with Crippen molar-refractivity contribution in [2.24, 2.45) is 0 Å². The van der Waals surface area contributed by atoms with E-state index in [-0.39, 0.29) is 12.0 Å². The first-order valence-electron chi connectivity index (χ1n) is 8.03. The monoisotopic (exact) mass is 330 g/mol. The van der Waals surface area contributed by atoms with Gasteiger partial charge in [-0.2, -0.15) is 11.3 Å². The second-order valence-electron chi connectivity index (χ2n) is 5.99. The van der Waals surface area contributed by atoms with Crippen LogP contribution in [-0.4, -0.2) is 41.7 Å². The van der Waals surface area contributed by atoms with Gasteiger partial charge in [0.15, 0.2) is 0 Å². The number of aliphatic hydroxyl groups is 1. The smallest absolute Gasteiger partial charge is 0.256 e. The molecule has 2 N–H and O–H groups in total. The van der Waals surface area contributed by atoms with Gasteiger partial charge in [-0.3, -0.25) is 4.79 Å². The standard InChI is InChI=1S/C18H22N2O2S/c21-17-6-10-20(11-7-17)9-5-14-1-3-16(4-2-14)19-18(22)15-8-12-23-13-15/h1-4,8,12-13,17,21H,5-7,9-11H2,(H,19,22). The molecule has 0 aliphatic carbocycles. The number of aliphatic hydroxyl groups excluding tert-OH is 1. The number of carbonyl (C=O) groups excluding carboxylic acids is 1. The molecule has 1 aromatic heterocycles. The molecule has 1 fully saturated rings. The van der Waals surface area contributed by atoms with Crippen LogP contribution in [0.5, 0.6) is 0 Å². The third kappa shape index (κ3) is 4.64. The number of hydrogen-bond donors (Lipinski definition) is 2. The van der Waals surface area contributed by atoms with Crippen LogP contribution in [0, 0.1) is 0 Å². The number of carbonyl (C=O) groups is 1. The Hall–Kier alpha value is -1.69. The van der Waals surface area contributed by atoms with Crippen LogP contribution >= 0.6 is 11.3 Å². The number of benzene rings is 1. The van der Waals surface area contributed by atoms with Crippen LogP contribution in [0.3, 0.4) is 0 Å². The molecule has 1 aliphatic heterocycles. The number of hydrogen-bond acceptors (Lipinski definition) is 4. The molecule has 0 unspecified atom stereocenters. The van der Waals surface area contributed by atoms with Gasteiger partial charge in [-0.05, 0) is 48.4 Å². The largest absolute Gasteiger partial charge is 0.393 e. The average Bonchev–Trinajstić information content (AvgIpc) is 3.10. The van der Waals surface area contributed by atoms with E-state index < -0.39 is 0 Å². The molecule has 4 nitrogen and oxygen atoms in total. The molecular weight excluding hydrogens is 308 g/mol. The van der Waals surface area contributed by atoms with Crippen molar-refractivity contribution in [3.05, 3.63) is 52.2 Å². The number of nitrogens with zero attached hydrogens (tertiary/aromatic N) is 1. The Morgan fingerprint density at radius 1 is 1.22 bits per heavy atom. The van der Waals surface area contributed by atoms with Gasteiger partial charge < -0.3 is 15.3 Å². The molecule has 1 aromatic carbocycles. The molecule has 2 aromatic rings. The third-order valence-electron chi connectivity index (χ3n) is 4.27. The molecule has 3 rings (SSSR count). The summed E-state index contributed by atoms with van der Waals surface area (Å²) in [7, 11) is 0. The van der Waals surface area contributed by atoms with Crippen molar-refractivity contribution in [3.8, 4) is 0 Å². The molecule has 5 heteroatoms. The normalized spacial score (nSPS) is 16.4. The van der Waals surface area contributed by atoms with E-state index in [2.05, 4.69) is 22.3 Å². The number of rotatable bonds is 5. The van der Waals surface area contributed by atoms with Crippen molar-refractivity contribution in [1.82, 2.24) is 4.90 Å². The van der Waals surface area contributed by atoms with Crippen LogP contribution < -0.4 is 5.32 Å². The van der Waals surface area contributed by atoms with E-state index in [4.69, 9.17) is 0 Å². The summed E-state index contributed by atoms with van der Waals surface area (Å²) in [5.74, 6) is -0.0640. The van der Waals surface area contributed by atoms with Gasteiger partial charge in [0.05, 0.1) is 11.7 Å². The predicted octanol–water partition coefficient (Wildman–Crippen LogP) is 3.00. The Morgan fingerprint density at radius 3 is 2.61 bits per heavy atom. The molecule has 0 radical (unpaired) electrons. The topological polar surface area (TPSA) is 52.6 Å². The van der Waals surface area contributed by atoms with Crippen LogP contribution in [0.4, 0.5) is 5.69 Å². The molecule has 0 bridgehead atoms. The van der Waals surface area contributed by atoms with Gasteiger partial charge in [0.1, 0.15) is 0 Å². The van der Waals surface area contributed by atoms with Crippen molar-refractivity contribution >= 4 is 22.9 Å². The minimum atomic E-state index is -0.114. The summed E-state index contributed by atoms with van der Waals surface area (Å²) >= 11 is 1.52. The van der Waals surface area contributed by atoms with Gasteiger partial charge in [0, 0.05) is 30.7 Å². The van der Waals surface area contributed by atoms with Crippen LogP contribution in [0.15, 0.2) is 41.1 Å². The highest BCUT2D eigenvalue weighted by molar-refractivity contribution is 7.08. The zero-order valence-corrected chi connectivity index (χ0v) is 13.9. The molecule has 2 heterocycles. The average molecular weight is 330 g/mol. The minimum Gasteiger partial charge on any atom is -0.393 e. The lowest BCUT2D eigenvalue weighted by Gasteiger charge is -2.29. The van der Waals surface area contributed by atoms with Crippen molar-refractivity contribution in [2.75, 3.05) is 25.0 Å². The lowest BCUT2D eigenvalue weighted by Crippen LogP contribution is -2.37. The van der Waals surface area contributed by atoms with E-state index in [9.17, 15) is 9.90 Å². The molecule has 1 aliphatic rings. The molecule has 122 valence electrons. The van der Waals surface area contributed by atoms with Crippen LogP contribution in [0.2, 0.25) is 0 Å². The van der Waals surface area contributed by atoms with Crippen LogP contribution in [0.25, 0.3) is 0 Å². The Labute approximate surface area is 140 Å². The number of nitrogens with one attached hydrogen (secondary N) is 1. The van der Waals surface area contributed by atoms with E-state index in [1.165, 1.54) is 16.9 Å². The lowest BCUT2D eigenvalue weighted by atomic mass is 10.1. The maximum Gasteiger partial charge on any atom is 0.256 e. The fraction of sp³-hybridized carbons (Fsp3) is 0.389. The zero-order chi connectivity index (χ0) is 16.1. The fourth-order valence-electron chi connectivity index (χ4n) is 2.78. The summed E-state index contributed by atoms with van der Waals surface area (Å²) in [5.41, 5.74) is 2.79. The number of anilines is 1. The number of thiophene rings is 1. The SMILES string of the molecule is O=C(Nc1ccc(CCN2CCC(O)CC2)cc1)c1ccsc1. The van der Waals surface area contributed by atoms with Gasteiger partial charge in [0.25, 0.3) is 5.91 Å². The summed E-state index contributed by atoms with van der Waals surface area (Å²) < 4.78 is 0. The number of piperidine rings is 1. The second kappa shape index (κ2) is 7.73. The van der Waals surface area contributed by atoms with Gasteiger partial charge >= 0.3 is 0 Å². The first kappa shape index (κ1) is 16.2. The number of likely N-dealkylation sites (tertiary alicyclic amines) is 1. The van der Waals surface area contributed by atoms with Gasteiger partial charge in [-0.25, -0.2) is 0 Å². The van der Waals surface area contributed by atoms with E-state index in [1.54, 1.807) is 0 Å². The third-order valence-corrected chi connectivity index (χ3v) is 4.95. The summed E-state index contributed by atoms with van der Waals surface area (Å²) in [6, 6.07) is 9.88. The highest BCUT2D eigenvalue weighted by atomic mass is 32.1. The highest BCUT2D eigenvalue weighted by Gasteiger charge is 2.16. The molecule has 23 heavy (non-hydrogen) atoms. The predicted molar refractivity (Wildman–Crippen MR) is 94.1 cm³/mol. The van der Waals surface area contributed by atoms with Crippen molar-refractivity contribution in [2.45, 2.75) is 25.4 Å².